The number of carboxylic acids is 1. The highest BCUT2D eigenvalue weighted by Crippen LogP contribution is 2.32. The van der Waals surface area contributed by atoms with Gasteiger partial charge in [-0.05, 0) is 50.6 Å². The Morgan fingerprint density at radius 2 is 1.91 bits per heavy atom. The molecule has 0 bridgehead atoms. The lowest BCUT2D eigenvalue weighted by Gasteiger charge is -2.32. The van der Waals surface area contributed by atoms with Gasteiger partial charge in [-0.1, -0.05) is 12.1 Å². The number of aromatic nitrogens is 2. The van der Waals surface area contributed by atoms with E-state index in [2.05, 4.69) is 10.4 Å². The number of carboxylic acid groups (broad SMARTS) is 1. The van der Waals surface area contributed by atoms with Crippen molar-refractivity contribution in [3.63, 3.8) is 0 Å². The Morgan fingerprint density at radius 3 is 2.45 bits per heavy atom. The Morgan fingerprint density at radius 1 is 1.27 bits per heavy atom. The maximum atomic E-state index is 13.8. The zero-order valence-electron chi connectivity index (χ0n) is 18.4. The van der Waals surface area contributed by atoms with Crippen LogP contribution in [0.5, 0.6) is 5.75 Å². The molecule has 0 saturated carbocycles. The molecule has 1 aromatic carbocycles. The number of rotatable bonds is 8. The van der Waals surface area contributed by atoms with Gasteiger partial charge in [0.2, 0.25) is 0 Å². The Bertz CT molecular complexity index is 1020. The number of nitrogens with zero attached hydrogens (tertiary/aromatic N) is 3. The van der Waals surface area contributed by atoms with Crippen molar-refractivity contribution in [2.45, 2.75) is 38.5 Å². The number of benzene rings is 1. The van der Waals surface area contributed by atoms with Crippen molar-refractivity contribution in [2.24, 2.45) is 5.92 Å². The first-order chi connectivity index (χ1) is 15.6. The predicted octanol–water partition coefficient (Wildman–Crippen LogP) is 2.92. The molecule has 11 heteroatoms. The molecular weight excluding hydrogens is 441 g/mol. The van der Waals surface area contributed by atoms with Crippen LogP contribution in [0.15, 0.2) is 35.3 Å². The molecule has 2 heterocycles. The highest BCUT2D eigenvalue weighted by molar-refractivity contribution is 5.70. The third-order valence-corrected chi connectivity index (χ3v) is 5.69. The average Bonchev–Trinajstić information content (AvgIpc) is 2.75. The maximum absolute atomic E-state index is 13.8. The smallest absolute Gasteiger partial charge is 0.423 e. The molecule has 1 fully saturated rings. The molecule has 3 rings (SSSR count). The SMILES string of the molecule is COc1ccc(Cn2ncc(N[C@@H](C)CN3CCC(C(=O)O)CC3)c(C(F)(F)F)c2=O)cc1. The molecule has 2 N–H and O–H groups in total. The molecule has 8 nitrogen and oxygen atoms in total. The van der Waals surface area contributed by atoms with E-state index < -0.39 is 29.3 Å². The zero-order valence-corrected chi connectivity index (χ0v) is 18.4. The number of hydrogen-bond acceptors (Lipinski definition) is 6. The fraction of sp³-hybridized carbons (Fsp3) is 0.500. The fourth-order valence-electron chi connectivity index (χ4n) is 3.95. The van der Waals surface area contributed by atoms with Crippen molar-refractivity contribution >= 4 is 11.7 Å². The topological polar surface area (TPSA) is 96.7 Å². The molecule has 1 saturated heterocycles. The Hall–Kier alpha value is -3.08. The second-order valence-corrected chi connectivity index (χ2v) is 8.20. The van der Waals surface area contributed by atoms with Crippen LogP contribution in [-0.2, 0) is 17.5 Å². The van der Waals surface area contributed by atoms with E-state index in [1.807, 2.05) is 4.90 Å². The monoisotopic (exact) mass is 468 g/mol. The van der Waals surface area contributed by atoms with Gasteiger partial charge in [-0.3, -0.25) is 9.59 Å². The lowest BCUT2D eigenvalue weighted by Crippen LogP contribution is -2.42. The van der Waals surface area contributed by atoms with Crippen molar-refractivity contribution < 1.29 is 27.8 Å². The summed E-state index contributed by atoms with van der Waals surface area (Å²) in [4.78, 5) is 25.8. The highest BCUT2D eigenvalue weighted by Gasteiger charge is 2.38. The molecule has 0 spiro atoms. The van der Waals surface area contributed by atoms with Crippen molar-refractivity contribution in [2.75, 3.05) is 32.1 Å². The number of alkyl halides is 3. The van der Waals surface area contributed by atoms with Gasteiger partial charge in [-0.2, -0.15) is 18.3 Å². The Labute approximate surface area is 189 Å². The summed E-state index contributed by atoms with van der Waals surface area (Å²) in [5.41, 5.74) is -2.27. The van der Waals surface area contributed by atoms with Gasteiger partial charge in [0.05, 0.1) is 31.5 Å². The summed E-state index contributed by atoms with van der Waals surface area (Å²) in [5.74, 6) is -0.614. The number of hydrogen-bond donors (Lipinski definition) is 2. The minimum absolute atomic E-state index is 0.111. The van der Waals surface area contributed by atoms with Crippen molar-refractivity contribution in [1.29, 1.82) is 0 Å². The minimum atomic E-state index is -4.86. The van der Waals surface area contributed by atoms with Gasteiger partial charge in [0.25, 0.3) is 5.56 Å². The van der Waals surface area contributed by atoms with E-state index in [1.54, 1.807) is 31.2 Å². The van der Waals surface area contributed by atoms with E-state index in [0.29, 0.717) is 43.8 Å². The third kappa shape index (κ3) is 6.25. The molecule has 0 radical (unpaired) electrons. The molecule has 1 aliphatic heterocycles. The molecule has 0 unspecified atom stereocenters. The number of aliphatic carboxylic acids is 1. The van der Waals surface area contributed by atoms with Crippen molar-refractivity contribution in [3.05, 3.63) is 51.9 Å². The van der Waals surface area contributed by atoms with Crippen LogP contribution in [0.4, 0.5) is 18.9 Å². The summed E-state index contributed by atoms with van der Waals surface area (Å²) >= 11 is 0. The first-order valence-corrected chi connectivity index (χ1v) is 10.6. The third-order valence-electron chi connectivity index (χ3n) is 5.69. The lowest BCUT2D eigenvalue weighted by atomic mass is 9.97. The van der Waals surface area contributed by atoms with Gasteiger partial charge in [0.1, 0.15) is 11.3 Å². The standard InChI is InChI=1S/C22H27F3N4O4/c1-14(12-28-9-7-16(8-10-28)21(31)32)27-18-11-26-29(20(30)19(18)22(23,24)25)13-15-3-5-17(33-2)6-4-15/h3-6,11,14,16,27H,7-10,12-13H2,1-2H3,(H,31,32)/t14-/m0/s1. The van der Waals surface area contributed by atoms with E-state index in [9.17, 15) is 22.8 Å². The molecule has 0 amide bonds. The van der Waals surface area contributed by atoms with E-state index in [-0.39, 0.29) is 18.2 Å². The van der Waals surface area contributed by atoms with Gasteiger partial charge in [-0.25, -0.2) is 4.68 Å². The maximum Gasteiger partial charge on any atom is 0.423 e. The number of likely N-dealkylation sites (tertiary alicyclic amines) is 1. The van der Waals surface area contributed by atoms with Gasteiger partial charge in [0, 0.05) is 12.6 Å². The molecular formula is C22H27F3N4O4. The van der Waals surface area contributed by atoms with Crippen LogP contribution in [0.25, 0.3) is 0 Å². The molecule has 1 atom stereocenters. The van der Waals surface area contributed by atoms with Crippen LogP contribution in [0.1, 0.15) is 30.9 Å². The summed E-state index contributed by atoms with van der Waals surface area (Å²) in [6.07, 6.45) is -2.83. The number of halogens is 3. The van der Waals surface area contributed by atoms with Gasteiger partial charge in [0.15, 0.2) is 0 Å². The van der Waals surface area contributed by atoms with E-state index in [1.165, 1.54) is 7.11 Å². The lowest BCUT2D eigenvalue weighted by molar-refractivity contribution is -0.143. The first-order valence-electron chi connectivity index (χ1n) is 10.6. The molecule has 0 aliphatic carbocycles. The summed E-state index contributed by atoms with van der Waals surface area (Å²) in [7, 11) is 1.50. The van der Waals surface area contributed by atoms with Crippen molar-refractivity contribution in [1.82, 2.24) is 14.7 Å². The zero-order chi connectivity index (χ0) is 24.2. The van der Waals surface area contributed by atoms with Crippen LogP contribution < -0.4 is 15.6 Å². The molecule has 180 valence electrons. The second-order valence-electron chi connectivity index (χ2n) is 8.20. The number of nitrogens with one attached hydrogen (secondary N) is 1. The molecule has 33 heavy (non-hydrogen) atoms. The fourth-order valence-corrected chi connectivity index (χ4v) is 3.95. The predicted molar refractivity (Wildman–Crippen MR) is 115 cm³/mol. The van der Waals surface area contributed by atoms with Gasteiger partial charge >= 0.3 is 12.1 Å². The minimum Gasteiger partial charge on any atom is -0.497 e. The number of carbonyl (C=O) groups is 1. The van der Waals surface area contributed by atoms with E-state index in [4.69, 9.17) is 9.84 Å². The summed E-state index contributed by atoms with van der Waals surface area (Å²) < 4.78 is 47.2. The molecule has 2 aromatic rings. The Balaban J connectivity index is 1.74. The average molecular weight is 468 g/mol. The number of anilines is 1. The van der Waals surface area contributed by atoms with Crippen LogP contribution in [-0.4, -0.2) is 58.5 Å². The Kier molecular flexibility index (Phi) is 7.62. The summed E-state index contributed by atoms with van der Waals surface area (Å²) in [6.45, 7) is 3.12. The van der Waals surface area contributed by atoms with Gasteiger partial charge < -0.3 is 20.1 Å². The molecule has 1 aliphatic rings. The second kappa shape index (κ2) is 10.2. The van der Waals surface area contributed by atoms with Gasteiger partial charge in [-0.15, -0.1) is 0 Å². The van der Waals surface area contributed by atoms with Crippen LogP contribution in [0.2, 0.25) is 0 Å². The highest BCUT2D eigenvalue weighted by atomic mass is 19.4. The quantitative estimate of drug-likeness (QED) is 0.615. The van der Waals surface area contributed by atoms with Crippen LogP contribution in [0, 0.1) is 5.92 Å². The van der Waals surface area contributed by atoms with Crippen LogP contribution >= 0.6 is 0 Å². The van der Waals surface area contributed by atoms with E-state index in [0.717, 1.165) is 10.9 Å². The summed E-state index contributed by atoms with van der Waals surface area (Å²) in [5, 5.41) is 15.8. The van der Waals surface area contributed by atoms with E-state index >= 15 is 0 Å². The number of methoxy groups -OCH3 is 1. The number of piperidine rings is 1. The first kappa shape index (κ1) is 24.6. The van der Waals surface area contributed by atoms with Crippen molar-refractivity contribution in [3.8, 4) is 5.75 Å². The molecule has 1 aromatic heterocycles. The largest absolute Gasteiger partial charge is 0.497 e. The summed E-state index contributed by atoms with van der Waals surface area (Å²) in [6, 6.07) is 6.21. The van der Waals surface area contributed by atoms with Crippen LogP contribution in [0.3, 0.4) is 0 Å². The number of ether oxygens (including phenoxy) is 1. The normalized spacial score (nSPS) is 16.4.